The number of phenols is 2. The zero-order valence-electron chi connectivity index (χ0n) is 13.6. The molecule has 0 aliphatic carbocycles. The van der Waals surface area contributed by atoms with Gasteiger partial charge in [-0.25, -0.2) is 0 Å². The van der Waals surface area contributed by atoms with Crippen molar-refractivity contribution >= 4 is 11.4 Å². The smallest absolute Gasteiger partial charge is 0.172 e. The van der Waals surface area contributed by atoms with E-state index in [1.165, 1.54) is 24.3 Å². The van der Waals surface area contributed by atoms with Crippen molar-refractivity contribution in [2.24, 2.45) is 0 Å². The molecule has 0 heterocycles. The summed E-state index contributed by atoms with van der Waals surface area (Å²) in [5, 5.41) is 19.0. The van der Waals surface area contributed by atoms with E-state index in [2.05, 4.69) is 0 Å². The number of benzene rings is 3. The van der Waals surface area contributed by atoms with Gasteiger partial charge in [0.1, 0.15) is 23.0 Å². The maximum absolute atomic E-state index is 9.52. The van der Waals surface area contributed by atoms with E-state index in [0.29, 0.717) is 23.0 Å². The van der Waals surface area contributed by atoms with Crippen LogP contribution in [0.2, 0.25) is 0 Å². The molecule has 0 atom stereocenters. The van der Waals surface area contributed by atoms with Crippen LogP contribution in [0.5, 0.6) is 34.5 Å². The van der Waals surface area contributed by atoms with Crippen LogP contribution in [-0.2, 0) is 0 Å². The number of hydrogen-bond acceptors (Lipinski definition) is 6. The van der Waals surface area contributed by atoms with E-state index in [4.69, 9.17) is 20.9 Å². The summed E-state index contributed by atoms with van der Waals surface area (Å²) in [6.07, 6.45) is 0. The van der Waals surface area contributed by atoms with Gasteiger partial charge in [0.15, 0.2) is 11.5 Å². The van der Waals surface area contributed by atoms with Crippen molar-refractivity contribution in [1.29, 1.82) is 0 Å². The number of para-hydroxylation sites is 1. The molecule has 0 radical (unpaired) electrons. The van der Waals surface area contributed by atoms with E-state index in [0.717, 1.165) is 5.56 Å². The fourth-order valence-corrected chi connectivity index (χ4v) is 2.27. The van der Waals surface area contributed by atoms with E-state index >= 15 is 0 Å². The van der Waals surface area contributed by atoms with Crippen molar-refractivity contribution in [2.45, 2.75) is 6.92 Å². The molecule has 0 fully saturated rings. The summed E-state index contributed by atoms with van der Waals surface area (Å²) in [5.41, 5.74) is 12.7. The summed E-state index contributed by atoms with van der Waals surface area (Å²) < 4.78 is 11.8. The number of hydrogen-bond donors (Lipinski definition) is 4. The molecule has 6 nitrogen and oxygen atoms in total. The van der Waals surface area contributed by atoms with Gasteiger partial charge in [-0.05, 0) is 42.8 Å². The third-order valence-corrected chi connectivity index (χ3v) is 3.62. The maximum Gasteiger partial charge on any atom is 0.172 e. The Balaban J connectivity index is 1.93. The first-order valence-electron chi connectivity index (χ1n) is 7.56. The molecule has 3 aromatic rings. The Hall–Kier alpha value is -3.54. The average molecular weight is 338 g/mol. The highest BCUT2D eigenvalue weighted by Gasteiger charge is 2.12. The highest BCUT2D eigenvalue weighted by Crippen LogP contribution is 2.39. The molecule has 6 heteroatoms. The number of nitrogen functional groups attached to an aromatic ring is 2. The molecule has 0 aromatic heterocycles. The van der Waals surface area contributed by atoms with Gasteiger partial charge in [-0.1, -0.05) is 12.1 Å². The second-order valence-electron chi connectivity index (χ2n) is 5.55. The van der Waals surface area contributed by atoms with Gasteiger partial charge in [0.2, 0.25) is 0 Å². The molecule has 3 aromatic carbocycles. The number of anilines is 2. The van der Waals surface area contributed by atoms with Crippen molar-refractivity contribution in [2.75, 3.05) is 11.5 Å². The van der Waals surface area contributed by atoms with Gasteiger partial charge in [-0.2, -0.15) is 0 Å². The third kappa shape index (κ3) is 3.53. The van der Waals surface area contributed by atoms with Crippen LogP contribution in [0.3, 0.4) is 0 Å². The topological polar surface area (TPSA) is 111 Å². The van der Waals surface area contributed by atoms with Gasteiger partial charge in [0.25, 0.3) is 0 Å². The van der Waals surface area contributed by atoms with Crippen LogP contribution < -0.4 is 20.9 Å². The summed E-state index contributed by atoms with van der Waals surface area (Å²) >= 11 is 0. The number of rotatable bonds is 4. The minimum Gasteiger partial charge on any atom is -0.506 e. The van der Waals surface area contributed by atoms with Crippen LogP contribution in [0.15, 0.2) is 54.6 Å². The Morgan fingerprint density at radius 1 is 0.760 bits per heavy atom. The summed E-state index contributed by atoms with van der Waals surface area (Å²) in [5.74, 6) is 1.92. The monoisotopic (exact) mass is 338 g/mol. The van der Waals surface area contributed by atoms with Crippen LogP contribution in [0.1, 0.15) is 5.56 Å². The molecule has 0 amide bonds. The van der Waals surface area contributed by atoms with Crippen LogP contribution in [0.25, 0.3) is 0 Å². The Bertz CT molecular complexity index is 925. The van der Waals surface area contributed by atoms with Gasteiger partial charge in [-0.15, -0.1) is 0 Å². The van der Waals surface area contributed by atoms with Gasteiger partial charge < -0.3 is 31.2 Å². The standard InChI is InChI=1S/C19H18N2O4/c1-11-3-2-4-18(24-12-5-7-16(22)14(20)9-12)19(11)25-13-6-8-17(23)15(21)10-13/h2-10,22-23H,20-21H2,1H3. The number of nitrogens with two attached hydrogens (primary N) is 2. The van der Waals surface area contributed by atoms with Crippen molar-refractivity contribution in [3.63, 3.8) is 0 Å². The second kappa shape index (κ2) is 6.52. The molecular formula is C19H18N2O4. The Labute approximate surface area is 144 Å². The van der Waals surface area contributed by atoms with Crippen LogP contribution in [-0.4, -0.2) is 10.2 Å². The average Bonchev–Trinajstić information content (AvgIpc) is 2.57. The molecule has 3 rings (SSSR count). The van der Waals surface area contributed by atoms with Gasteiger partial charge >= 0.3 is 0 Å². The lowest BCUT2D eigenvalue weighted by Gasteiger charge is -2.15. The van der Waals surface area contributed by atoms with Gasteiger partial charge in [-0.3, -0.25) is 0 Å². The van der Waals surface area contributed by atoms with Crippen molar-refractivity contribution in [1.82, 2.24) is 0 Å². The Kier molecular flexibility index (Phi) is 4.26. The zero-order chi connectivity index (χ0) is 18.0. The van der Waals surface area contributed by atoms with E-state index in [-0.39, 0.29) is 22.9 Å². The largest absolute Gasteiger partial charge is 0.506 e. The molecule has 25 heavy (non-hydrogen) atoms. The lowest BCUT2D eigenvalue weighted by molar-refractivity contribution is 0.414. The van der Waals surface area contributed by atoms with E-state index in [1.807, 2.05) is 19.1 Å². The summed E-state index contributed by atoms with van der Waals surface area (Å²) in [6, 6.07) is 14.7. The first kappa shape index (κ1) is 16.3. The number of ether oxygens (including phenoxy) is 2. The molecule has 0 saturated heterocycles. The summed E-state index contributed by atoms with van der Waals surface area (Å²) in [6.45, 7) is 1.89. The highest BCUT2D eigenvalue weighted by molar-refractivity contribution is 5.59. The van der Waals surface area contributed by atoms with Crippen molar-refractivity contribution < 1.29 is 19.7 Å². The SMILES string of the molecule is Cc1cccc(Oc2ccc(O)c(N)c2)c1Oc1ccc(O)c(N)c1. The molecular weight excluding hydrogens is 320 g/mol. The molecule has 0 unspecified atom stereocenters. The first-order valence-corrected chi connectivity index (χ1v) is 7.56. The van der Waals surface area contributed by atoms with E-state index < -0.39 is 0 Å². The van der Waals surface area contributed by atoms with Crippen LogP contribution in [0, 0.1) is 6.92 Å². The molecule has 128 valence electrons. The van der Waals surface area contributed by atoms with Crippen molar-refractivity contribution in [3.8, 4) is 34.5 Å². The Morgan fingerprint density at radius 2 is 1.32 bits per heavy atom. The Morgan fingerprint density at radius 3 is 1.88 bits per heavy atom. The minimum absolute atomic E-state index is 0.00632. The quantitative estimate of drug-likeness (QED) is 0.420. The number of aryl methyl sites for hydroxylation is 1. The fraction of sp³-hybridized carbons (Fsp3) is 0.0526. The third-order valence-electron chi connectivity index (χ3n) is 3.62. The number of aromatic hydroxyl groups is 2. The van der Waals surface area contributed by atoms with Crippen LogP contribution >= 0.6 is 0 Å². The van der Waals surface area contributed by atoms with Gasteiger partial charge in [0.05, 0.1) is 11.4 Å². The van der Waals surface area contributed by atoms with Crippen molar-refractivity contribution in [3.05, 3.63) is 60.2 Å². The molecule has 0 bridgehead atoms. The summed E-state index contributed by atoms with van der Waals surface area (Å²) in [4.78, 5) is 0. The van der Waals surface area contributed by atoms with Crippen LogP contribution in [0.4, 0.5) is 11.4 Å². The van der Waals surface area contributed by atoms with E-state index in [1.54, 1.807) is 18.2 Å². The molecule has 0 saturated carbocycles. The fourth-order valence-electron chi connectivity index (χ4n) is 2.27. The summed E-state index contributed by atoms with van der Waals surface area (Å²) in [7, 11) is 0. The predicted octanol–water partition coefficient (Wildman–Crippen LogP) is 4.16. The predicted molar refractivity (Wildman–Crippen MR) is 96.4 cm³/mol. The highest BCUT2D eigenvalue weighted by atomic mass is 16.5. The molecule has 0 aliphatic heterocycles. The lowest BCUT2D eigenvalue weighted by Crippen LogP contribution is -1.95. The molecule has 0 aliphatic rings. The molecule has 6 N–H and O–H groups in total. The first-order chi connectivity index (χ1) is 11.9. The molecule has 0 spiro atoms. The normalized spacial score (nSPS) is 10.4. The lowest BCUT2D eigenvalue weighted by atomic mass is 10.2. The zero-order valence-corrected chi connectivity index (χ0v) is 13.6. The van der Waals surface area contributed by atoms with Gasteiger partial charge in [0, 0.05) is 12.1 Å². The second-order valence-corrected chi connectivity index (χ2v) is 5.55. The van der Waals surface area contributed by atoms with E-state index in [9.17, 15) is 10.2 Å². The maximum atomic E-state index is 9.52. The number of phenolic OH excluding ortho intramolecular Hbond substituents is 2. The minimum atomic E-state index is -0.00682.